The van der Waals surface area contributed by atoms with Crippen LogP contribution in [-0.4, -0.2) is 24.4 Å². The molecular weight excluding hydrogens is 248 g/mol. The van der Waals surface area contributed by atoms with E-state index in [4.69, 9.17) is 5.21 Å². The van der Waals surface area contributed by atoms with Crippen molar-refractivity contribution in [1.29, 1.82) is 0 Å². The fourth-order valence-electron chi connectivity index (χ4n) is 1.12. The summed E-state index contributed by atoms with van der Waals surface area (Å²) in [5.41, 5.74) is 2.19. The van der Waals surface area contributed by atoms with E-state index in [9.17, 15) is 4.79 Å². The minimum atomic E-state index is -0.141. The maximum atomic E-state index is 11.4. The second kappa shape index (κ2) is 12.4. The van der Waals surface area contributed by atoms with Crippen LogP contribution in [0.15, 0.2) is 23.1 Å². The van der Waals surface area contributed by atoms with Crippen LogP contribution in [0.2, 0.25) is 0 Å². The zero-order chi connectivity index (χ0) is 14.6. The van der Waals surface area contributed by atoms with Crippen molar-refractivity contribution >= 4 is 23.4 Å². The first-order valence-electron chi connectivity index (χ1n) is 6.10. The van der Waals surface area contributed by atoms with Crippen molar-refractivity contribution in [2.45, 2.75) is 32.6 Å². The highest BCUT2D eigenvalue weighted by molar-refractivity contribution is 7.98. The van der Waals surface area contributed by atoms with Crippen LogP contribution in [0.5, 0.6) is 0 Å². The smallest absolute Gasteiger partial charge is 0.252 e. The van der Waals surface area contributed by atoms with Crippen LogP contribution in [0.3, 0.4) is 0 Å². The quantitative estimate of drug-likeness (QED) is 0.450. The van der Waals surface area contributed by atoms with Gasteiger partial charge < -0.3 is 5.32 Å². The van der Waals surface area contributed by atoms with Gasteiger partial charge in [-0.05, 0) is 12.3 Å². The van der Waals surface area contributed by atoms with Gasteiger partial charge in [-0.2, -0.15) is 5.48 Å². The van der Waals surface area contributed by atoms with E-state index in [1.165, 1.54) is 11.8 Å². The van der Waals surface area contributed by atoms with E-state index in [0.29, 0.717) is 11.3 Å². The molecule has 0 saturated carbocycles. The number of quaternary nitrogens is 1. The third-order valence-electron chi connectivity index (χ3n) is 1.84. The summed E-state index contributed by atoms with van der Waals surface area (Å²) in [7, 11) is 1.59. The van der Waals surface area contributed by atoms with Crippen LogP contribution in [0, 0.1) is 0 Å². The minimum absolute atomic E-state index is 0.141. The molecule has 0 spiro atoms. The van der Waals surface area contributed by atoms with E-state index in [1.54, 1.807) is 19.2 Å². The fourth-order valence-corrected chi connectivity index (χ4v) is 1.69. The summed E-state index contributed by atoms with van der Waals surface area (Å²) < 4.78 is 0. The summed E-state index contributed by atoms with van der Waals surface area (Å²) in [4.78, 5) is 12.3. The average molecular weight is 273 g/mol. The van der Waals surface area contributed by atoms with E-state index < -0.39 is 0 Å². The Labute approximate surface area is 114 Å². The molecular formula is C13H25N2O2S+. The second-order valence-electron chi connectivity index (χ2n) is 2.67. The van der Waals surface area contributed by atoms with Crippen LogP contribution >= 0.6 is 11.8 Å². The van der Waals surface area contributed by atoms with E-state index in [-0.39, 0.29) is 5.91 Å². The van der Waals surface area contributed by atoms with Crippen LogP contribution < -0.4 is 10.8 Å². The van der Waals surface area contributed by atoms with E-state index in [0.717, 1.165) is 10.4 Å². The molecule has 4 N–H and O–H groups in total. The Balaban J connectivity index is 0. The lowest BCUT2D eigenvalue weighted by atomic mass is 10.2. The van der Waals surface area contributed by atoms with Crippen molar-refractivity contribution in [3.63, 3.8) is 0 Å². The molecule has 0 radical (unpaired) electrons. The molecule has 0 heterocycles. The molecule has 5 heteroatoms. The maximum Gasteiger partial charge on any atom is 0.252 e. The lowest BCUT2D eigenvalue weighted by Crippen LogP contribution is -2.73. The van der Waals surface area contributed by atoms with Crippen LogP contribution in [0.4, 0.5) is 5.69 Å². The topological polar surface area (TPSA) is 65.9 Å². The molecule has 18 heavy (non-hydrogen) atoms. The zero-order valence-electron chi connectivity index (χ0n) is 12.1. The predicted molar refractivity (Wildman–Crippen MR) is 77.7 cm³/mol. The van der Waals surface area contributed by atoms with Gasteiger partial charge in [0, 0.05) is 24.1 Å². The largest absolute Gasteiger partial charge is 0.355 e. The molecule has 1 rings (SSSR count). The van der Waals surface area contributed by atoms with Crippen molar-refractivity contribution < 1.29 is 15.5 Å². The third-order valence-corrected chi connectivity index (χ3v) is 2.64. The van der Waals surface area contributed by atoms with Gasteiger partial charge in [0.15, 0.2) is 5.69 Å². The number of hydrogen-bond donors (Lipinski definition) is 3. The highest BCUT2D eigenvalue weighted by Crippen LogP contribution is 2.21. The molecule has 0 unspecified atom stereocenters. The van der Waals surface area contributed by atoms with Gasteiger partial charge in [-0.25, -0.2) is 5.21 Å². The van der Waals surface area contributed by atoms with Gasteiger partial charge in [0.1, 0.15) is 0 Å². The van der Waals surface area contributed by atoms with Gasteiger partial charge in [-0.15, -0.1) is 11.8 Å². The van der Waals surface area contributed by atoms with Gasteiger partial charge in [-0.3, -0.25) is 4.79 Å². The number of nitrogens with one attached hydrogen (secondary N) is 1. The fraction of sp³-hybridized carbons (Fsp3) is 0.462. The molecule has 0 atom stereocenters. The number of amides is 1. The van der Waals surface area contributed by atoms with Crippen LogP contribution in [0.1, 0.15) is 38.1 Å². The predicted octanol–water partition coefficient (Wildman–Crippen LogP) is 2.40. The molecule has 0 aliphatic heterocycles. The number of nitrogens with two attached hydrogens (primary N) is 1. The van der Waals surface area contributed by atoms with Crippen molar-refractivity contribution in [3.8, 4) is 0 Å². The first kappa shape index (κ1) is 19.3. The van der Waals surface area contributed by atoms with E-state index in [2.05, 4.69) is 5.32 Å². The van der Waals surface area contributed by atoms with E-state index >= 15 is 0 Å². The molecule has 0 saturated heterocycles. The summed E-state index contributed by atoms with van der Waals surface area (Å²) in [5.74, 6) is -0.141. The summed E-state index contributed by atoms with van der Waals surface area (Å²) >= 11 is 1.50. The van der Waals surface area contributed by atoms with E-state index in [1.807, 2.05) is 40.0 Å². The Morgan fingerprint density at radius 1 is 1.28 bits per heavy atom. The molecule has 4 nitrogen and oxygen atoms in total. The van der Waals surface area contributed by atoms with Gasteiger partial charge in [0.05, 0.1) is 5.56 Å². The number of carbonyl (C=O) groups is 1. The number of benzene rings is 1. The van der Waals surface area contributed by atoms with Crippen molar-refractivity contribution in [3.05, 3.63) is 23.8 Å². The first-order valence-corrected chi connectivity index (χ1v) is 7.33. The van der Waals surface area contributed by atoms with Crippen molar-refractivity contribution in [1.82, 2.24) is 5.32 Å². The molecule has 1 aromatic carbocycles. The first-order chi connectivity index (χ1) is 8.72. The Kier molecular flexibility index (Phi) is 13.3. The lowest BCUT2D eigenvalue weighted by Gasteiger charge is -2.05. The number of carbonyl (C=O) groups excluding carboxylic acids is 1. The van der Waals surface area contributed by atoms with Gasteiger partial charge in [0.2, 0.25) is 0 Å². The summed E-state index contributed by atoms with van der Waals surface area (Å²) in [5, 5.41) is 11.4. The van der Waals surface area contributed by atoms with Crippen LogP contribution in [0.25, 0.3) is 0 Å². The van der Waals surface area contributed by atoms with Crippen LogP contribution in [-0.2, 0) is 0 Å². The van der Waals surface area contributed by atoms with Gasteiger partial charge >= 0.3 is 0 Å². The highest BCUT2D eigenvalue weighted by Gasteiger charge is 2.11. The number of thioether (sulfide) groups is 1. The lowest BCUT2D eigenvalue weighted by molar-refractivity contribution is -0.825. The third kappa shape index (κ3) is 6.05. The summed E-state index contributed by atoms with van der Waals surface area (Å²) in [6.45, 7) is 8.00. The zero-order valence-corrected chi connectivity index (χ0v) is 12.9. The Bertz CT molecular complexity index is 344. The SMILES string of the molecule is CC.CC.CNC(=O)c1cc([NH2+]O)ccc1SC. The summed E-state index contributed by atoms with van der Waals surface area (Å²) in [6.07, 6.45) is 1.91. The normalized spacial score (nSPS) is 8.39. The summed E-state index contributed by atoms with van der Waals surface area (Å²) in [6, 6.07) is 5.24. The maximum absolute atomic E-state index is 11.4. The monoisotopic (exact) mass is 273 g/mol. The number of rotatable bonds is 3. The average Bonchev–Trinajstić information content (AvgIpc) is 2.49. The molecule has 0 aliphatic rings. The molecule has 1 amide bonds. The standard InChI is InChI=1S/C9H12N2O2S.2C2H6/c1-10-9(12)7-5-6(11-13)3-4-8(7)14-2;2*1-2/h3-5,11,13H,1-2H3,(H,10,12);2*1-2H3/p+1. The molecule has 1 aromatic rings. The molecule has 0 fully saturated rings. The second-order valence-corrected chi connectivity index (χ2v) is 3.52. The molecule has 0 bridgehead atoms. The minimum Gasteiger partial charge on any atom is -0.355 e. The molecule has 0 aromatic heterocycles. The Morgan fingerprint density at radius 2 is 1.83 bits per heavy atom. The van der Waals surface area contributed by atoms with Crippen molar-refractivity contribution in [2.24, 2.45) is 0 Å². The number of hydrogen-bond acceptors (Lipinski definition) is 3. The van der Waals surface area contributed by atoms with Gasteiger partial charge in [0.25, 0.3) is 5.91 Å². The van der Waals surface area contributed by atoms with Crippen molar-refractivity contribution in [2.75, 3.05) is 13.3 Å². The Morgan fingerprint density at radius 3 is 2.22 bits per heavy atom. The van der Waals surface area contributed by atoms with Gasteiger partial charge in [-0.1, -0.05) is 27.7 Å². The molecule has 104 valence electrons. The highest BCUT2D eigenvalue weighted by atomic mass is 32.2. The Hall–Kier alpha value is -1.04. The molecule has 0 aliphatic carbocycles.